The Kier molecular flexibility index (Phi) is 3.89. The van der Waals surface area contributed by atoms with E-state index in [1.165, 1.54) is 0 Å². The SMILES string of the molecule is C/C(CC(C)(C)C)=N\Nc1ccccc1. The normalized spacial score (nSPS) is 12.7. The molecular weight excluding hydrogens is 184 g/mol. The van der Waals surface area contributed by atoms with Crippen LogP contribution in [0.25, 0.3) is 0 Å². The van der Waals surface area contributed by atoms with E-state index < -0.39 is 0 Å². The molecule has 1 aromatic rings. The summed E-state index contributed by atoms with van der Waals surface area (Å²) in [4.78, 5) is 0. The molecule has 0 aliphatic rings. The van der Waals surface area contributed by atoms with Crippen molar-refractivity contribution >= 4 is 11.4 Å². The first-order chi connectivity index (χ1) is 6.97. The molecule has 15 heavy (non-hydrogen) atoms. The van der Waals surface area contributed by atoms with Gasteiger partial charge in [0.15, 0.2) is 0 Å². The molecule has 0 heterocycles. The molecule has 0 aliphatic carbocycles. The third kappa shape index (κ3) is 5.21. The maximum Gasteiger partial charge on any atom is 0.0561 e. The van der Waals surface area contributed by atoms with E-state index in [4.69, 9.17) is 0 Å². The Morgan fingerprint density at radius 3 is 2.33 bits per heavy atom. The van der Waals surface area contributed by atoms with Gasteiger partial charge in [0.2, 0.25) is 0 Å². The van der Waals surface area contributed by atoms with Crippen LogP contribution in [0, 0.1) is 5.41 Å². The van der Waals surface area contributed by atoms with Crippen molar-refractivity contribution in [3.05, 3.63) is 30.3 Å². The quantitative estimate of drug-likeness (QED) is 0.586. The number of nitrogens with zero attached hydrogens (tertiary/aromatic N) is 1. The predicted molar refractivity (Wildman–Crippen MR) is 67.2 cm³/mol. The number of hydrogen-bond donors (Lipinski definition) is 1. The Morgan fingerprint density at radius 1 is 1.20 bits per heavy atom. The summed E-state index contributed by atoms with van der Waals surface area (Å²) in [7, 11) is 0. The van der Waals surface area contributed by atoms with Gasteiger partial charge in [-0.1, -0.05) is 39.0 Å². The van der Waals surface area contributed by atoms with Crippen molar-refractivity contribution in [1.29, 1.82) is 0 Å². The Bertz CT molecular complexity index is 320. The van der Waals surface area contributed by atoms with Crippen molar-refractivity contribution in [2.24, 2.45) is 10.5 Å². The molecule has 1 rings (SSSR count). The molecule has 2 heteroatoms. The van der Waals surface area contributed by atoms with Crippen LogP contribution in [0.2, 0.25) is 0 Å². The van der Waals surface area contributed by atoms with Crippen LogP contribution in [0.5, 0.6) is 0 Å². The highest BCUT2D eigenvalue weighted by atomic mass is 15.3. The average molecular weight is 204 g/mol. The summed E-state index contributed by atoms with van der Waals surface area (Å²) in [5.41, 5.74) is 5.52. The highest BCUT2D eigenvalue weighted by molar-refractivity contribution is 5.83. The fraction of sp³-hybridized carbons (Fsp3) is 0.462. The summed E-state index contributed by atoms with van der Waals surface area (Å²) in [5, 5.41) is 4.35. The van der Waals surface area contributed by atoms with Crippen molar-refractivity contribution in [3.8, 4) is 0 Å². The summed E-state index contributed by atoms with van der Waals surface area (Å²) in [6.07, 6.45) is 1.01. The maximum absolute atomic E-state index is 4.35. The van der Waals surface area contributed by atoms with Gasteiger partial charge in [-0.25, -0.2) is 0 Å². The standard InChI is InChI=1S/C13H20N2/c1-11(10-13(2,3)4)14-15-12-8-6-5-7-9-12/h5-9,15H,10H2,1-4H3/b14-11+. The minimum Gasteiger partial charge on any atom is -0.279 e. The first kappa shape index (κ1) is 11.8. The second-order valence-corrected chi connectivity index (χ2v) is 5.06. The lowest BCUT2D eigenvalue weighted by atomic mass is 9.90. The van der Waals surface area contributed by atoms with E-state index in [1.807, 2.05) is 30.3 Å². The molecule has 0 aliphatic heterocycles. The van der Waals surface area contributed by atoms with E-state index in [-0.39, 0.29) is 0 Å². The summed E-state index contributed by atoms with van der Waals surface area (Å²) in [5.74, 6) is 0. The molecule has 1 N–H and O–H groups in total. The molecule has 0 spiro atoms. The number of anilines is 1. The van der Waals surface area contributed by atoms with Gasteiger partial charge < -0.3 is 0 Å². The molecule has 82 valence electrons. The minimum absolute atomic E-state index is 0.298. The van der Waals surface area contributed by atoms with Gasteiger partial charge in [0.05, 0.1) is 5.69 Å². The van der Waals surface area contributed by atoms with E-state index in [2.05, 4.69) is 38.2 Å². The Labute approximate surface area is 92.4 Å². The molecule has 0 amide bonds. The monoisotopic (exact) mass is 204 g/mol. The molecule has 2 nitrogen and oxygen atoms in total. The number of hydrogen-bond acceptors (Lipinski definition) is 2. The average Bonchev–Trinajstić information content (AvgIpc) is 2.14. The van der Waals surface area contributed by atoms with Crippen molar-refractivity contribution in [2.45, 2.75) is 34.1 Å². The second kappa shape index (κ2) is 4.96. The highest BCUT2D eigenvalue weighted by Crippen LogP contribution is 2.19. The molecule has 0 fully saturated rings. The number of hydrazone groups is 1. The summed E-state index contributed by atoms with van der Waals surface area (Å²) >= 11 is 0. The first-order valence-electron chi connectivity index (χ1n) is 5.32. The highest BCUT2D eigenvalue weighted by Gasteiger charge is 2.11. The molecule has 0 atom stereocenters. The van der Waals surface area contributed by atoms with Gasteiger partial charge in [-0.05, 0) is 30.9 Å². The third-order valence-corrected chi connectivity index (χ3v) is 1.94. The Hall–Kier alpha value is -1.31. The number of para-hydroxylation sites is 1. The molecule has 0 aromatic heterocycles. The largest absolute Gasteiger partial charge is 0.279 e. The van der Waals surface area contributed by atoms with Crippen molar-refractivity contribution in [1.82, 2.24) is 0 Å². The van der Waals surface area contributed by atoms with Gasteiger partial charge in [-0.15, -0.1) is 0 Å². The van der Waals surface area contributed by atoms with Gasteiger partial charge in [0.25, 0.3) is 0 Å². The lowest BCUT2D eigenvalue weighted by molar-refractivity contribution is 0.433. The fourth-order valence-electron chi connectivity index (χ4n) is 1.48. The van der Waals surface area contributed by atoms with Gasteiger partial charge in [0.1, 0.15) is 0 Å². The fourth-order valence-corrected chi connectivity index (χ4v) is 1.48. The number of benzene rings is 1. The number of nitrogens with one attached hydrogen (secondary N) is 1. The first-order valence-corrected chi connectivity index (χ1v) is 5.32. The van der Waals surface area contributed by atoms with E-state index >= 15 is 0 Å². The van der Waals surface area contributed by atoms with Crippen LogP contribution in [-0.4, -0.2) is 5.71 Å². The van der Waals surface area contributed by atoms with E-state index in [9.17, 15) is 0 Å². The summed E-state index contributed by atoms with van der Waals surface area (Å²) in [6, 6.07) is 10.0. The molecule has 0 bridgehead atoms. The van der Waals surface area contributed by atoms with Crippen LogP contribution >= 0.6 is 0 Å². The van der Waals surface area contributed by atoms with Gasteiger partial charge in [0, 0.05) is 5.71 Å². The van der Waals surface area contributed by atoms with Crippen LogP contribution in [0.4, 0.5) is 5.69 Å². The third-order valence-electron chi connectivity index (χ3n) is 1.94. The lowest BCUT2D eigenvalue weighted by Gasteiger charge is -2.17. The van der Waals surface area contributed by atoms with Crippen LogP contribution in [0.1, 0.15) is 34.1 Å². The maximum atomic E-state index is 4.35. The zero-order valence-corrected chi connectivity index (χ0v) is 10.0. The summed E-state index contributed by atoms with van der Waals surface area (Å²) in [6.45, 7) is 8.71. The van der Waals surface area contributed by atoms with Crippen LogP contribution < -0.4 is 5.43 Å². The second-order valence-electron chi connectivity index (χ2n) is 5.06. The van der Waals surface area contributed by atoms with Gasteiger partial charge in [-0.3, -0.25) is 5.43 Å². The Morgan fingerprint density at radius 2 is 1.80 bits per heavy atom. The summed E-state index contributed by atoms with van der Waals surface area (Å²) < 4.78 is 0. The topological polar surface area (TPSA) is 24.4 Å². The van der Waals surface area contributed by atoms with Gasteiger partial charge >= 0.3 is 0 Å². The predicted octanol–water partition coefficient (Wildman–Crippen LogP) is 3.91. The zero-order valence-electron chi connectivity index (χ0n) is 10.0. The molecule has 0 saturated heterocycles. The van der Waals surface area contributed by atoms with Crippen LogP contribution in [0.3, 0.4) is 0 Å². The molecule has 0 saturated carbocycles. The van der Waals surface area contributed by atoms with Crippen molar-refractivity contribution < 1.29 is 0 Å². The smallest absolute Gasteiger partial charge is 0.0561 e. The van der Waals surface area contributed by atoms with Crippen LogP contribution in [0.15, 0.2) is 35.4 Å². The zero-order chi connectivity index (χ0) is 11.3. The lowest BCUT2D eigenvalue weighted by Crippen LogP contribution is -2.11. The molecule has 1 aromatic carbocycles. The Balaban J connectivity index is 2.51. The van der Waals surface area contributed by atoms with E-state index in [0.717, 1.165) is 17.8 Å². The molecule has 0 unspecified atom stereocenters. The molecule has 0 radical (unpaired) electrons. The van der Waals surface area contributed by atoms with Crippen LogP contribution in [-0.2, 0) is 0 Å². The van der Waals surface area contributed by atoms with E-state index in [1.54, 1.807) is 0 Å². The minimum atomic E-state index is 0.298. The van der Waals surface area contributed by atoms with E-state index in [0.29, 0.717) is 5.41 Å². The van der Waals surface area contributed by atoms with Crippen molar-refractivity contribution in [2.75, 3.05) is 5.43 Å². The van der Waals surface area contributed by atoms with Gasteiger partial charge in [-0.2, -0.15) is 5.10 Å². The number of rotatable bonds is 3. The van der Waals surface area contributed by atoms with Crippen molar-refractivity contribution in [3.63, 3.8) is 0 Å². The molecular formula is C13H20N2.